The number of nitrogens with zero attached hydrogens (tertiary/aromatic N) is 2. The highest BCUT2D eigenvalue weighted by Crippen LogP contribution is 2.19. The molecule has 0 unspecified atom stereocenters. The molecule has 1 aromatic heterocycles. The highest BCUT2D eigenvalue weighted by molar-refractivity contribution is 5.85. The Kier molecular flexibility index (Phi) is 2.73. The molecule has 3 nitrogen and oxygen atoms in total. The first-order valence-corrected chi connectivity index (χ1v) is 6.01. The zero-order valence-corrected chi connectivity index (χ0v) is 10.3. The van der Waals surface area contributed by atoms with Crippen LogP contribution in [0.25, 0.3) is 10.8 Å². The fraction of sp³-hybridized carbons (Fsp3) is 0.133. The first kappa shape index (κ1) is 10.8. The lowest BCUT2D eigenvalue weighted by atomic mass is 10.1. The van der Waals surface area contributed by atoms with Crippen LogP contribution >= 0.6 is 0 Å². The molecule has 90 valence electrons. The van der Waals surface area contributed by atoms with Crippen molar-refractivity contribution in [2.45, 2.75) is 6.54 Å². The normalized spacial score (nSPS) is 10.7. The molecule has 3 aromatic rings. The minimum Gasteiger partial charge on any atom is -0.379 e. The van der Waals surface area contributed by atoms with Crippen LogP contribution in [0.4, 0.5) is 5.69 Å². The lowest BCUT2D eigenvalue weighted by Gasteiger charge is -2.08. The standard InChI is InChI=1S/C15H15N3/c1-18-11-16-9-15(18)10-17-14-7-6-12-4-2-3-5-13(12)8-14/h2-9,11,17H,10H2,1H3. The molecular weight excluding hydrogens is 222 g/mol. The van der Waals surface area contributed by atoms with Gasteiger partial charge in [0.15, 0.2) is 0 Å². The zero-order valence-electron chi connectivity index (χ0n) is 10.3. The van der Waals surface area contributed by atoms with E-state index in [9.17, 15) is 0 Å². The number of aromatic nitrogens is 2. The zero-order chi connectivity index (χ0) is 12.4. The highest BCUT2D eigenvalue weighted by Gasteiger charge is 1.99. The third kappa shape index (κ3) is 2.07. The van der Waals surface area contributed by atoms with E-state index in [2.05, 4.69) is 52.8 Å². The van der Waals surface area contributed by atoms with Gasteiger partial charge in [0.2, 0.25) is 0 Å². The Labute approximate surface area is 106 Å². The molecule has 0 amide bonds. The van der Waals surface area contributed by atoms with Crippen molar-refractivity contribution in [1.29, 1.82) is 0 Å². The van der Waals surface area contributed by atoms with E-state index in [-0.39, 0.29) is 0 Å². The molecule has 3 heteroatoms. The van der Waals surface area contributed by atoms with Gasteiger partial charge in [-0.05, 0) is 22.9 Å². The third-order valence-corrected chi connectivity index (χ3v) is 3.14. The summed E-state index contributed by atoms with van der Waals surface area (Å²) in [5, 5.41) is 5.94. The van der Waals surface area contributed by atoms with Crippen molar-refractivity contribution in [3.63, 3.8) is 0 Å². The van der Waals surface area contributed by atoms with Crippen molar-refractivity contribution < 1.29 is 0 Å². The predicted octanol–water partition coefficient (Wildman–Crippen LogP) is 3.19. The van der Waals surface area contributed by atoms with E-state index >= 15 is 0 Å². The smallest absolute Gasteiger partial charge is 0.0946 e. The summed E-state index contributed by atoms with van der Waals surface area (Å²) in [6.45, 7) is 0.787. The van der Waals surface area contributed by atoms with Gasteiger partial charge >= 0.3 is 0 Å². The molecule has 0 fully saturated rings. The van der Waals surface area contributed by atoms with Crippen LogP contribution in [-0.2, 0) is 13.6 Å². The molecule has 0 aliphatic heterocycles. The summed E-state index contributed by atoms with van der Waals surface area (Å²) in [4.78, 5) is 4.11. The number of imidazole rings is 1. The van der Waals surface area contributed by atoms with Crippen LogP contribution < -0.4 is 5.32 Å². The van der Waals surface area contributed by atoms with E-state index in [0.717, 1.165) is 12.2 Å². The lowest BCUT2D eigenvalue weighted by Crippen LogP contribution is -2.03. The van der Waals surface area contributed by atoms with E-state index in [1.54, 1.807) is 0 Å². The number of hydrogen-bond acceptors (Lipinski definition) is 2. The summed E-state index contributed by atoms with van der Waals surface area (Å²) >= 11 is 0. The SMILES string of the molecule is Cn1cncc1CNc1ccc2ccccc2c1. The summed E-state index contributed by atoms with van der Waals surface area (Å²) in [6.07, 6.45) is 3.70. The molecule has 0 saturated heterocycles. The van der Waals surface area contributed by atoms with Crippen LogP contribution in [0.1, 0.15) is 5.69 Å². The van der Waals surface area contributed by atoms with Gasteiger partial charge in [-0.2, -0.15) is 0 Å². The van der Waals surface area contributed by atoms with Gasteiger partial charge in [0, 0.05) is 18.9 Å². The third-order valence-electron chi connectivity index (χ3n) is 3.14. The number of anilines is 1. The van der Waals surface area contributed by atoms with Gasteiger partial charge in [-0.3, -0.25) is 0 Å². The van der Waals surface area contributed by atoms with Gasteiger partial charge in [-0.25, -0.2) is 4.98 Å². The summed E-state index contributed by atoms with van der Waals surface area (Å²) in [6, 6.07) is 14.8. The minimum atomic E-state index is 0.787. The Morgan fingerprint density at radius 1 is 1.11 bits per heavy atom. The number of hydrogen-bond donors (Lipinski definition) is 1. The largest absolute Gasteiger partial charge is 0.379 e. The quantitative estimate of drug-likeness (QED) is 0.758. The van der Waals surface area contributed by atoms with E-state index in [0.29, 0.717) is 0 Å². The summed E-state index contributed by atoms with van der Waals surface area (Å²) in [7, 11) is 2.00. The molecule has 2 aromatic carbocycles. The first-order valence-electron chi connectivity index (χ1n) is 6.01. The second kappa shape index (κ2) is 4.53. The van der Waals surface area contributed by atoms with E-state index < -0.39 is 0 Å². The van der Waals surface area contributed by atoms with Gasteiger partial charge in [-0.1, -0.05) is 30.3 Å². The molecule has 1 heterocycles. The van der Waals surface area contributed by atoms with Gasteiger partial charge in [0.25, 0.3) is 0 Å². The van der Waals surface area contributed by atoms with E-state index in [1.807, 2.05) is 24.1 Å². The molecule has 0 spiro atoms. The lowest BCUT2D eigenvalue weighted by molar-refractivity contribution is 0.837. The van der Waals surface area contributed by atoms with E-state index in [4.69, 9.17) is 0 Å². The Morgan fingerprint density at radius 2 is 1.94 bits per heavy atom. The van der Waals surface area contributed by atoms with Crippen molar-refractivity contribution in [3.8, 4) is 0 Å². The molecule has 1 N–H and O–H groups in total. The number of aryl methyl sites for hydroxylation is 1. The van der Waals surface area contributed by atoms with Crippen molar-refractivity contribution in [1.82, 2.24) is 9.55 Å². The topological polar surface area (TPSA) is 29.9 Å². The van der Waals surface area contributed by atoms with Gasteiger partial charge in [0.05, 0.1) is 18.6 Å². The maximum Gasteiger partial charge on any atom is 0.0946 e. The van der Waals surface area contributed by atoms with Gasteiger partial charge in [0.1, 0.15) is 0 Å². The van der Waals surface area contributed by atoms with Crippen molar-refractivity contribution in [3.05, 3.63) is 60.7 Å². The van der Waals surface area contributed by atoms with Gasteiger partial charge in [-0.15, -0.1) is 0 Å². The molecule has 18 heavy (non-hydrogen) atoms. The maximum atomic E-state index is 4.11. The Balaban J connectivity index is 1.81. The summed E-state index contributed by atoms with van der Waals surface area (Å²) < 4.78 is 2.02. The number of fused-ring (bicyclic) bond motifs is 1. The van der Waals surface area contributed by atoms with Crippen molar-refractivity contribution in [2.24, 2.45) is 7.05 Å². The highest BCUT2D eigenvalue weighted by atomic mass is 15.0. The van der Waals surface area contributed by atoms with Crippen LogP contribution in [0.2, 0.25) is 0 Å². The molecule has 3 rings (SSSR count). The van der Waals surface area contributed by atoms with Crippen LogP contribution in [-0.4, -0.2) is 9.55 Å². The van der Waals surface area contributed by atoms with Crippen molar-refractivity contribution in [2.75, 3.05) is 5.32 Å². The summed E-state index contributed by atoms with van der Waals surface area (Å²) in [5.41, 5.74) is 2.30. The maximum absolute atomic E-state index is 4.11. The molecular formula is C15H15N3. The molecule has 0 aliphatic rings. The molecule has 0 saturated carbocycles. The van der Waals surface area contributed by atoms with E-state index in [1.165, 1.54) is 16.5 Å². The first-order chi connectivity index (χ1) is 8.83. The Morgan fingerprint density at radius 3 is 2.72 bits per heavy atom. The van der Waals surface area contributed by atoms with Crippen LogP contribution in [0.15, 0.2) is 55.0 Å². The second-order valence-electron chi connectivity index (χ2n) is 4.41. The number of nitrogens with one attached hydrogen (secondary N) is 1. The molecule has 0 bridgehead atoms. The number of benzene rings is 2. The monoisotopic (exact) mass is 237 g/mol. The fourth-order valence-electron chi connectivity index (χ4n) is 2.05. The average molecular weight is 237 g/mol. The summed E-state index contributed by atoms with van der Waals surface area (Å²) in [5.74, 6) is 0. The Hall–Kier alpha value is -2.29. The van der Waals surface area contributed by atoms with Crippen LogP contribution in [0.5, 0.6) is 0 Å². The minimum absolute atomic E-state index is 0.787. The van der Waals surface area contributed by atoms with Crippen LogP contribution in [0, 0.1) is 0 Å². The average Bonchev–Trinajstić information content (AvgIpc) is 2.82. The van der Waals surface area contributed by atoms with Gasteiger partial charge < -0.3 is 9.88 Å². The number of rotatable bonds is 3. The molecule has 0 aliphatic carbocycles. The van der Waals surface area contributed by atoms with Crippen LogP contribution in [0.3, 0.4) is 0 Å². The van der Waals surface area contributed by atoms with Crippen molar-refractivity contribution >= 4 is 16.5 Å². The Bertz CT molecular complexity index is 670. The molecule has 0 atom stereocenters. The second-order valence-corrected chi connectivity index (χ2v) is 4.41. The predicted molar refractivity (Wildman–Crippen MR) is 74.5 cm³/mol. The molecule has 0 radical (unpaired) electrons. The fourth-order valence-corrected chi connectivity index (χ4v) is 2.05.